The van der Waals surface area contributed by atoms with E-state index in [-0.39, 0.29) is 0 Å². The van der Waals surface area contributed by atoms with Gasteiger partial charge >= 0.3 is 0 Å². The average Bonchev–Trinajstić information content (AvgIpc) is 2.60. The minimum Gasteiger partial charge on any atom is -0.330 e. The van der Waals surface area contributed by atoms with Gasteiger partial charge in [0, 0.05) is 31.4 Å². The van der Waals surface area contributed by atoms with E-state index in [1.807, 2.05) is 17.9 Å². The molecule has 0 spiro atoms. The lowest BCUT2D eigenvalue weighted by Gasteiger charge is -2.23. The van der Waals surface area contributed by atoms with E-state index in [0.717, 1.165) is 25.9 Å². The van der Waals surface area contributed by atoms with Crippen molar-refractivity contribution in [2.24, 2.45) is 12.8 Å². The topological polar surface area (TPSA) is 47.1 Å². The first-order chi connectivity index (χ1) is 7.13. The van der Waals surface area contributed by atoms with Crippen LogP contribution >= 0.6 is 0 Å². The molecule has 0 saturated heterocycles. The van der Waals surface area contributed by atoms with E-state index in [9.17, 15) is 0 Å². The molecule has 4 heteroatoms. The predicted octanol–water partition coefficient (Wildman–Crippen LogP) is 0.979. The van der Waals surface area contributed by atoms with E-state index in [2.05, 4.69) is 30.2 Å². The fourth-order valence-electron chi connectivity index (χ4n) is 1.63. The molecule has 0 amide bonds. The van der Waals surface area contributed by atoms with Gasteiger partial charge in [-0.05, 0) is 33.4 Å². The highest BCUT2D eigenvalue weighted by Crippen LogP contribution is 2.08. The van der Waals surface area contributed by atoms with Crippen LogP contribution in [0.3, 0.4) is 0 Å². The largest absolute Gasteiger partial charge is 0.330 e. The Morgan fingerprint density at radius 3 is 2.87 bits per heavy atom. The first-order valence-electron chi connectivity index (χ1n) is 5.51. The molecular weight excluding hydrogens is 188 g/mol. The molecule has 1 aromatic heterocycles. The van der Waals surface area contributed by atoms with Crippen LogP contribution in [0.5, 0.6) is 0 Å². The Labute approximate surface area is 92.1 Å². The zero-order valence-corrected chi connectivity index (χ0v) is 9.98. The Balaban J connectivity index is 2.37. The van der Waals surface area contributed by atoms with Crippen LogP contribution in [-0.2, 0) is 13.6 Å². The standard InChI is InChI=1S/C11H22N4/c1-10(5-4-6-12)14(2)8-11-7-13-15(3)9-11/h7,9-10H,4-6,8,12H2,1-3H3. The molecule has 0 aliphatic carbocycles. The monoisotopic (exact) mass is 210 g/mol. The van der Waals surface area contributed by atoms with Gasteiger partial charge in [0.25, 0.3) is 0 Å². The van der Waals surface area contributed by atoms with Crippen molar-refractivity contribution in [1.29, 1.82) is 0 Å². The van der Waals surface area contributed by atoms with Gasteiger partial charge in [-0.15, -0.1) is 0 Å². The highest BCUT2D eigenvalue weighted by molar-refractivity contribution is 5.03. The summed E-state index contributed by atoms with van der Waals surface area (Å²) in [6.45, 7) is 3.98. The molecule has 2 N–H and O–H groups in total. The van der Waals surface area contributed by atoms with Crippen molar-refractivity contribution in [2.75, 3.05) is 13.6 Å². The summed E-state index contributed by atoms with van der Waals surface area (Å²) in [6, 6.07) is 0.578. The summed E-state index contributed by atoms with van der Waals surface area (Å²) in [5.74, 6) is 0. The van der Waals surface area contributed by atoms with Gasteiger partial charge in [-0.25, -0.2) is 0 Å². The number of hydrogen-bond donors (Lipinski definition) is 1. The van der Waals surface area contributed by atoms with E-state index in [1.165, 1.54) is 5.56 Å². The molecule has 86 valence electrons. The Morgan fingerprint density at radius 2 is 2.33 bits per heavy atom. The van der Waals surface area contributed by atoms with Gasteiger partial charge in [-0.3, -0.25) is 9.58 Å². The van der Waals surface area contributed by atoms with Gasteiger partial charge in [0.15, 0.2) is 0 Å². The fourth-order valence-corrected chi connectivity index (χ4v) is 1.63. The Kier molecular flexibility index (Phi) is 4.78. The third-order valence-electron chi connectivity index (χ3n) is 2.77. The molecule has 0 bridgehead atoms. The van der Waals surface area contributed by atoms with Crippen molar-refractivity contribution in [3.8, 4) is 0 Å². The fraction of sp³-hybridized carbons (Fsp3) is 0.727. The third kappa shape index (κ3) is 4.01. The summed E-state index contributed by atoms with van der Waals surface area (Å²) in [7, 11) is 4.09. The van der Waals surface area contributed by atoms with Gasteiger partial charge < -0.3 is 5.73 Å². The second kappa shape index (κ2) is 5.88. The lowest BCUT2D eigenvalue weighted by atomic mass is 10.1. The summed E-state index contributed by atoms with van der Waals surface area (Å²) in [4.78, 5) is 2.34. The highest BCUT2D eigenvalue weighted by Gasteiger charge is 2.09. The van der Waals surface area contributed by atoms with Crippen LogP contribution in [0.1, 0.15) is 25.3 Å². The molecule has 0 fully saturated rings. The molecule has 1 rings (SSSR count). The van der Waals surface area contributed by atoms with Crippen LogP contribution in [0.4, 0.5) is 0 Å². The van der Waals surface area contributed by atoms with Gasteiger partial charge in [-0.2, -0.15) is 5.10 Å². The number of aromatic nitrogens is 2. The van der Waals surface area contributed by atoms with Crippen LogP contribution in [-0.4, -0.2) is 34.3 Å². The number of aryl methyl sites for hydroxylation is 1. The maximum atomic E-state index is 5.50. The SMILES string of the molecule is CC(CCCN)N(C)Cc1cnn(C)c1. The Morgan fingerprint density at radius 1 is 1.60 bits per heavy atom. The lowest BCUT2D eigenvalue weighted by Crippen LogP contribution is -2.28. The van der Waals surface area contributed by atoms with E-state index in [1.54, 1.807) is 0 Å². The zero-order chi connectivity index (χ0) is 11.3. The van der Waals surface area contributed by atoms with Crippen LogP contribution < -0.4 is 5.73 Å². The number of hydrogen-bond acceptors (Lipinski definition) is 3. The van der Waals surface area contributed by atoms with Crippen LogP contribution in [0.15, 0.2) is 12.4 Å². The molecule has 0 aliphatic heterocycles. The van der Waals surface area contributed by atoms with Crippen molar-refractivity contribution in [1.82, 2.24) is 14.7 Å². The summed E-state index contributed by atoms with van der Waals surface area (Å²) in [5, 5.41) is 4.16. The van der Waals surface area contributed by atoms with Gasteiger partial charge in [0.1, 0.15) is 0 Å². The maximum absolute atomic E-state index is 5.50. The summed E-state index contributed by atoms with van der Waals surface area (Å²) < 4.78 is 1.84. The molecule has 0 aromatic carbocycles. The van der Waals surface area contributed by atoms with Gasteiger partial charge in [0.05, 0.1) is 6.20 Å². The molecule has 1 atom stereocenters. The highest BCUT2D eigenvalue weighted by atomic mass is 15.2. The maximum Gasteiger partial charge on any atom is 0.0534 e. The normalized spacial score (nSPS) is 13.4. The van der Waals surface area contributed by atoms with Crippen molar-refractivity contribution >= 4 is 0 Å². The quantitative estimate of drug-likeness (QED) is 0.761. The number of nitrogens with two attached hydrogens (primary N) is 1. The van der Waals surface area contributed by atoms with E-state index < -0.39 is 0 Å². The van der Waals surface area contributed by atoms with E-state index in [4.69, 9.17) is 5.73 Å². The zero-order valence-electron chi connectivity index (χ0n) is 9.98. The first kappa shape index (κ1) is 12.2. The second-order valence-corrected chi connectivity index (χ2v) is 4.22. The minimum atomic E-state index is 0.578. The third-order valence-corrected chi connectivity index (χ3v) is 2.77. The summed E-state index contributed by atoms with van der Waals surface area (Å²) in [5.41, 5.74) is 6.76. The minimum absolute atomic E-state index is 0.578. The molecule has 15 heavy (non-hydrogen) atoms. The van der Waals surface area contributed by atoms with Crippen LogP contribution in [0.2, 0.25) is 0 Å². The van der Waals surface area contributed by atoms with Crippen LogP contribution in [0.25, 0.3) is 0 Å². The van der Waals surface area contributed by atoms with Crippen molar-refractivity contribution in [3.63, 3.8) is 0 Å². The van der Waals surface area contributed by atoms with E-state index >= 15 is 0 Å². The molecule has 4 nitrogen and oxygen atoms in total. The molecule has 0 saturated carbocycles. The summed E-state index contributed by atoms with van der Waals surface area (Å²) >= 11 is 0. The van der Waals surface area contributed by atoms with Crippen molar-refractivity contribution in [3.05, 3.63) is 18.0 Å². The van der Waals surface area contributed by atoms with Crippen molar-refractivity contribution in [2.45, 2.75) is 32.4 Å². The predicted molar refractivity (Wildman–Crippen MR) is 62.4 cm³/mol. The molecule has 1 aromatic rings. The average molecular weight is 210 g/mol. The smallest absolute Gasteiger partial charge is 0.0534 e. The first-order valence-corrected chi connectivity index (χ1v) is 5.51. The Hall–Kier alpha value is -0.870. The Bertz CT molecular complexity index is 282. The lowest BCUT2D eigenvalue weighted by molar-refractivity contribution is 0.235. The van der Waals surface area contributed by atoms with Crippen LogP contribution in [0, 0.1) is 0 Å². The van der Waals surface area contributed by atoms with E-state index in [0.29, 0.717) is 6.04 Å². The summed E-state index contributed by atoms with van der Waals surface area (Å²) in [6.07, 6.45) is 6.24. The number of nitrogens with zero attached hydrogens (tertiary/aromatic N) is 3. The van der Waals surface area contributed by atoms with Gasteiger partial charge in [-0.1, -0.05) is 0 Å². The molecule has 0 radical (unpaired) electrons. The number of rotatable bonds is 6. The molecule has 1 unspecified atom stereocenters. The molecule has 1 heterocycles. The molecular formula is C11H22N4. The van der Waals surface area contributed by atoms with Gasteiger partial charge in [0.2, 0.25) is 0 Å². The van der Waals surface area contributed by atoms with Crippen molar-refractivity contribution < 1.29 is 0 Å². The second-order valence-electron chi connectivity index (χ2n) is 4.22. The molecule has 0 aliphatic rings.